The SMILES string of the molecule is Cc1nc(Br)cn1COCCS(C)(C)C. The Labute approximate surface area is 102 Å². The molecule has 0 radical (unpaired) electrons. The molecule has 0 amide bonds. The lowest BCUT2D eigenvalue weighted by molar-refractivity contribution is 0.0881. The molecule has 0 saturated heterocycles. The molecule has 3 nitrogen and oxygen atoms in total. The van der Waals surface area contributed by atoms with E-state index in [1.165, 1.54) is 0 Å². The van der Waals surface area contributed by atoms with Gasteiger partial charge in [-0.15, -0.1) is 0 Å². The first-order chi connectivity index (χ1) is 6.88. The smallest absolute Gasteiger partial charge is 0.124 e. The van der Waals surface area contributed by atoms with Crippen LogP contribution in [0.2, 0.25) is 0 Å². The summed E-state index contributed by atoms with van der Waals surface area (Å²) in [6.45, 7) is 3.40. The van der Waals surface area contributed by atoms with Crippen molar-refractivity contribution in [3.8, 4) is 0 Å². The average Bonchev–Trinajstić information content (AvgIpc) is 2.37. The number of rotatable bonds is 5. The maximum absolute atomic E-state index is 5.61. The summed E-state index contributed by atoms with van der Waals surface area (Å²) >= 11 is 3.34. The Kier molecular flexibility index (Phi) is 4.67. The van der Waals surface area contributed by atoms with Gasteiger partial charge in [-0.2, -0.15) is 0 Å². The topological polar surface area (TPSA) is 27.1 Å². The molecule has 1 rings (SSSR count). The van der Waals surface area contributed by atoms with Gasteiger partial charge in [0.2, 0.25) is 0 Å². The van der Waals surface area contributed by atoms with Gasteiger partial charge in [0, 0.05) is 11.9 Å². The molecule has 5 heteroatoms. The Morgan fingerprint density at radius 3 is 2.60 bits per heavy atom. The van der Waals surface area contributed by atoms with Crippen molar-refractivity contribution in [1.82, 2.24) is 9.55 Å². The van der Waals surface area contributed by atoms with Crippen LogP contribution in [-0.4, -0.2) is 40.7 Å². The molecule has 0 N–H and O–H groups in total. The molecule has 0 unspecified atom stereocenters. The summed E-state index contributed by atoms with van der Waals surface area (Å²) < 4.78 is 8.48. The van der Waals surface area contributed by atoms with Crippen molar-refractivity contribution in [1.29, 1.82) is 0 Å². The lowest BCUT2D eigenvalue weighted by Gasteiger charge is -2.24. The number of aryl methyl sites for hydroxylation is 1. The van der Waals surface area contributed by atoms with Crippen LogP contribution in [0.25, 0.3) is 0 Å². The first-order valence-electron chi connectivity index (χ1n) is 4.81. The van der Waals surface area contributed by atoms with E-state index in [0.29, 0.717) is 6.73 Å². The van der Waals surface area contributed by atoms with E-state index in [9.17, 15) is 0 Å². The van der Waals surface area contributed by atoms with Gasteiger partial charge >= 0.3 is 0 Å². The maximum Gasteiger partial charge on any atom is 0.124 e. The van der Waals surface area contributed by atoms with Crippen LogP contribution in [0.5, 0.6) is 0 Å². The zero-order valence-electron chi connectivity index (χ0n) is 9.79. The average molecular weight is 295 g/mol. The second kappa shape index (κ2) is 5.37. The molecule has 0 atom stereocenters. The second-order valence-corrected chi connectivity index (χ2v) is 9.82. The summed E-state index contributed by atoms with van der Waals surface area (Å²) in [4.78, 5) is 4.24. The van der Waals surface area contributed by atoms with Gasteiger partial charge in [0.15, 0.2) is 0 Å². The number of imidazole rings is 1. The predicted octanol–water partition coefficient (Wildman–Crippen LogP) is 2.62. The van der Waals surface area contributed by atoms with E-state index < -0.39 is 10.0 Å². The Hall–Kier alpha value is -0.0000000000000000555. The molecule has 1 heterocycles. The zero-order valence-corrected chi connectivity index (χ0v) is 12.2. The summed E-state index contributed by atoms with van der Waals surface area (Å²) in [7, 11) is -0.443. The molecule has 0 fully saturated rings. The van der Waals surface area contributed by atoms with Crippen molar-refractivity contribution in [2.24, 2.45) is 0 Å². The summed E-state index contributed by atoms with van der Waals surface area (Å²) in [5, 5.41) is 0. The van der Waals surface area contributed by atoms with E-state index in [4.69, 9.17) is 4.74 Å². The van der Waals surface area contributed by atoms with Gasteiger partial charge in [-0.1, -0.05) is 0 Å². The number of hydrogen-bond donors (Lipinski definition) is 0. The molecule has 1 aromatic rings. The number of halogens is 1. The van der Waals surface area contributed by atoms with Crippen molar-refractivity contribution < 1.29 is 4.74 Å². The molecular weight excluding hydrogens is 276 g/mol. The molecule has 0 aliphatic carbocycles. The molecule has 0 bridgehead atoms. The molecule has 1 aromatic heterocycles. The van der Waals surface area contributed by atoms with Crippen LogP contribution in [0.4, 0.5) is 0 Å². The standard InChI is InChI=1S/C10H19BrN2OS/c1-9-12-10(11)7-13(9)8-14-5-6-15(2,3)4/h7H,5-6,8H2,1-4H3. The fraction of sp³-hybridized carbons (Fsp3) is 0.700. The van der Waals surface area contributed by atoms with E-state index >= 15 is 0 Å². The van der Waals surface area contributed by atoms with Crippen molar-refractivity contribution >= 4 is 26.0 Å². The summed E-state index contributed by atoms with van der Waals surface area (Å²) in [5.41, 5.74) is 0. The largest absolute Gasteiger partial charge is 0.360 e. The van der Waals surface area contributed by atoms with Crippen LogP contribution in [0.15, 0.2) is 10.8 Å². The highest BCUT2D eigenvalue weighted by Crippen LogP contribution is 2.33. The van der Waals surface area contributed by atoms with Gasteiger partial charge in [0.25, 0.3) is 0 Å². The third-order valence-electron chi connectivity index (χ3n) is 2.02. The summed E-state index contributed by atoms with van der Waals surface area (Å²) in [5.74, 6) is 2.13. The highest BCUT2D eigenvalue weighted by Gasteiger charge is 2.04. The van der Waals surface area contributed by atoms with Gasteiger partial charge in [-0.25, -0.2) is 15.0 Å². The number of aromatic nitrogens is 2. The van der Waals surface area contributed by atoms with Gasteiger partial charge in [0.05, 0.1) is 6.61 Å². The monoisotopic (exact) mass is 294 g/mol. The van der Waals surface area contributed by atoms with E-state index in [2.05, 4.69) is 39.7 Å². The Morgan fingerprint density at radius 1 is 1.47 bits per heavy atom. The third-order valence-corrected chi connectivity index (χ3v) is 3.79. The number of ether oxygens (including phenoxy) is 1. The molecule has 0 spiro atoms. The van der Waals surface area contributed by atoms with Crippen LogP contribution in [0.1, 0.15) is 5.82 Å². The highest BCUT2D eigenvalue weighted by atomic mass is 79.9. The predicted molar refractivity (Wildman–Crippen MR) is 70.8 cm³/mol. The quantitative estimate of drug-likeness (QED) is 0.781. The number of hydrogen-bond acceptors (Lipinski definition) is 2. The molecule has 0 aliphatic rings. The zero-order chi connectivity index (χ0) is 11.5. The van der Waals surface area contributed by atoms with Gasteiger partial charge in [0.1, 0.15) is 17.2 Å². The van der Waals surface area contributed by atoms with Crippen molar-refractivity contribution in [2.45, 2.75) is 13.7 Å². The minimum Gasteiger partial charge on any atom is -0.360 e. The Bertz CT molecular complexity index is 320. The van der Waals surface area contributed by atoms with Crippen molar-refractivity contribution in [3.63, 3.8) is 0 Å². The van der Waals surface area contributed by atoms with Crippen LogP contribution in [0, 0.1) is 6.92 Å². The lowest BCUT2D eigenvalue weighted by atomic mass is 10.7. The highest BCUT2D eigenvalue weighted by molar-refractivity contribution is 9.10. The van der Waals surface area contributed by atoms with E-state index in [0.717, 1.165) is 22.8 Å². The molecule has 0 aliphatic heterocycles. The second-order valence-electron chi connectivity index (χ2n) is 4.41. The number of nitrogens with zero attached hydrogens (tertiary/aromatic N) is 2. The third kappa shape index (κ3) is 5.04. The van der Waals surface area contributed by atoms with Gasteiger partial charge in [-0.3, -0.25) is 0 Å². The van der Waals surface area contributed by atoms with E-state index in [-0.39, 0.29) is 0 Å². The van der Waals surface area contributed by atoms with Crippen LogP contribution in [0.3, 0.4) is 0 Å². The van der Waals surface area contributed by atoms with E-state index in [1.54, 1.807) is 0 Å². The molecule has 15 heavy (non-hydrogen) atoms. The van der Waals surface area contributed by atoms with Gasteiger partial charge in [-0.05, 0) is 41.6 Å². The van der Waals surface area contributed by atoms with Gasteiger partial charge < -0.3 is 9.30 Å². The van der Waals surface area contributed by atoms with E-state index in [1.807, 2.05) is 17.7 Å². The van der Waals surface area contributed by atoms with Crippen LogP contribution >= 0.6 is 26.0 Å². The normalized spacial score (nSPS) is 13.1. The molecular formula is C10H19BrN2OS. The Morgan fingerprint density at radius 2 is 2.13 bits per heavy atom. The molecule has 0 aromatic carbocycles. The summed E-state index contributed by atoms with van der Waals surface area (Å²) in [6, 6.07) is 0. The molecule has 0 saturated carbocycles. The maximum atomic E-state index is 5.61. The minimum atomic E-state index is -0.443. The molecule has 88 valence electrons. The van der Waals surface area contributed by atoms with Crippen LogP contribution < -0.4 is 0 Å². The fourth-order valence-electron chi connectivity index (χ4n) is 1.07. The first-order valence-corrected chi connectivity index (χ1v) is 8.63. The summed E-state index contributed by atoms with van der Waals surface area (Å²) in [6.07, 6.45) is 8.85. The van der Waals surface area contributed by atoms with Crippen LogP contribution in [-0.2, 0) is 11.5 Å². The Balaban J connectivity index is 2.29. The first kappa shape index (κ1) is 13.1. The van der Waals surface area contributed by atoms with Crippen molar-refractivity contribution in [3.05, 3.63) is 16.6 Å². The lowest BCUT2D eigenvalue weighted by Crippen LogP contribution is -2.10. The fourth-order valence-corrected chi connectivity index (χ4v) is 2.19. The minimum absolute atomic E-state index is 0.443. The van der Waals surface area contributed by atoms with Crippen molar-refractivity contribution in [2.75, 3.05) is 31.1 Å².